The molecule has 0 amide bonds. The molecule has 0 bridgehead atoms. The lowest BCUT2D eigenvalue weighted by Crippen LogP contribution is -2.39. The molecule has 1 aromatic rings. The number of nitrogens with zero attached hydrogens (tertiary/aromatic N) is 3. The van der Waals surface area contributed by atoms with Gasteiger partial charge in [-0.1, -0.05) is 24.3 Å². The normalized spacial score (nSPS) is 16.9. The molecule has 0 aromatic heterocycles. The molecule has 1 fully saturated rings. The van der Waals surface area contributed by atoms with E-state index in [0.29, 0.717) is 0 Å². The molecule has 2 rings (SSSR count). The molecule has 0 atom stereocenters. The Hall–Kier alpha value is -1.59. The zero-order chi connectivity index (χ0) is 18.1. The van der Waals surface area contributed by atoms with Gasteiger partial charge < -0.3 is 20.2 Å². The summed E-state index contributed by atoms with van der Waals surface area (Å²) in [4.78, 5) is 9.43. The molecule has 1 aromatic carbocycles. The largest absolute Gasteiger partial charge is 0.393 e. The lowest BCUT2D eigenvalue weighted by Gasteiger charge is -2.29. The molecule has 0 unspecified atom stereocenters. The smallest absolute Gasteiger partial charge is 0.193 e. The number of aryl methyl sites for hydroxylation is 1. The summed E-state index contributed by atoms with van der Waals surface area (Å²) in [5.41, 5.74) is 2.65. The van der Waals surface area contributed by atoms with Crippen LogP contribution in [0.4, 0.5) is 0 Å². The molecule has 0 aliphatic carbocycles. The van der Waals surface area contributed by atoms with Crippen LogP contribution in [0.1, 0.15) is 37.3 Å². The minimum atomic E-state index is -0.0929. The van der Waals surface area contributed by atoms with E-state index in [1.165, 1.54) is 11.1 Å². The van der Waals surface area contributed by atoms with Crippen molar-refractivity contribution in [2.24, 2.45) is 4.99 Å². The Morgan fingerprint density at radius 2 is 2.04 bits per heavy atom. The van der Waals surface area contributed by atoms with Gasteiger partial charge in [-0.3, -0.25) is 4.99 Å². The first kappa shape index (κ1) is 19.7. The van der Waals surface area contributed by atoms with Crippen LogP contribution in [0.3, 0.4) is 0 Å². The third kappa shape index (κ3) is 6.67. The molecule has 5 nitrogen and oxygen atoms in total. The van der Waals surface area contributed by atoms with Gasteiger partial charge in [0.2, 0.25) is 0 Å². The third-order valence-corrected chi connectivity index (χ3v) is 4.82. The monoisotopic (exact) mass is 346 g/mol. The molecule has 0 spiro atoms. The van der Waals surface area contributed by atoms with Gasteiger partial charge in [-0.15, -0.1) is 0 Å². The van der Waals surface area contributed by atoms with Gasteiger partial charge in [0.1, 0.15) is 0 Å². The Balaban J connectivity index is 1.81. The quantitative estimate of drug-likeness (QED) is 0.452. The summed E-state index contributed by atoms with van der Waals surface area (Å²) in [6, 6.07) is 8.51. The molecule has 0 saturated carbocycles. The van der Waals surface area contributed by atoms with Gasteiger partial charge in [-0.05, 0) is 50.8 Å². The summed E-state index contributed by atoms with van der Waals surface area (Å²) in [5, 5.41) is 13.0. The van der Waals surface area contributed by atoms with Crippen molar-refractivity contribution in [2.75, 3.05) is 39.8 Å². The number of aliphatic hydroxyl groups is 1. The van der Waals surface area contributed by atoms with Crippen LogP contribution in [0.2, 0.25) is 0 Å². The van der Waals surface area contributed by atoms with E-state index in [9.17, 15) is 5.11 Å². The van der Waals surface area contributed by atoms with Crippen LogP contribution in [-0.4, -0.2) is 66.7 Å². The summed E-state index contributed by atoms with van der Waals surface area (Å²) in [5.74, 6) is 0.972. The maximum Gasteiger partial charge on any atom is 0.193 e. The second-order valence-electron chi connectivity index (χ2n) is 6.94. The molecule has 1 aliphatic heterocycles. The molecule has 1 heterocycles. The number of hydrogen-bond donors (Lipinski definition) is 2. The minimum absolute atomic E-state index is 0.0929. The minimum Gasteiger partial charge on any atom is -0.393 e. The zero-order valence-electron chi connectivity index (χ0n) is 16.0. The molecule has 140 valence electrons. The van der Waals surface area contributed by atoms with E-state index in [-0.39, 0.29) is 6.10 Å². The Kier molecular flexibility index (Phi) is 8.22. The predicted octanol–water partition coefficient (Wildman–Crippen LogP) is 2.24. The van der Waals surface area contributed by atoms with Crippen LogP contribution in [0.5, 0.6) is 0 Å². The maximum atomic E-state index is 9.57. The third-order valence-electron chi connectivity index (χ3n) is 4.82. The number of piperidine rings is 1. The molecular weight excluding hydrogens is 312 g/mol. The summed E-state index contributed by atoms with van der Waals surface area (Å²) < 4.78 is 0. The van der Waals surface area contributed by atoms with Crippen molar-refractivity contribution in [1.29, 1.82) is 0 Å². The van der Waals surface area contributed by atoms with E-state index >= 15 is 0 Å². The number of likely N-dealkylation sites (tertiary alicyclic amines) is 1. The number of nitrogens with one attached hydrogen (secondary N) is 1. The van der Waals surface area contributed by atoms with E-state index in [4.69, 9.17) is 4.99 Å². The molecule has 0 radical (unpaired) electrons. The van der Waals surface area contributed by atoms with Crippen molar-refractivity contribution >= 4 is 5.96 Å². The van der Waals surface area contributed by atoms with Crippen LogP contribution < -0.4 is 5.32 Å². The van der Waals surface area contributed by atoms with Gasteiger partial charge in [-0.2, -0.15) is 0 Å². The van der Waals surface area contributed by atoms with Crippen LogP contribution in [0.15, 0.2) is 29.3 Å². The highest BCUT2D eigenvalue weighted by Gasteiger charge is 2.16. The predicted molar refractivity (Wildman–Crippen MR) is 105 cm³/mol. The van der Waals surface area contributed by atoms with Gasteiger partial charge in [0.15, 0.2) is 5.96 Å². The highest BCUT2D eigenvalue weighted by molar-refractivity contribution is 5.79. The highest BCUT2D eigenvalue weighted by atomic mass is 16.3. The van der Waals surface area contributed by atoms with E-state index in [0.717, 1.165) is 64.5 Å². The lowest BCUT2D eigenvalue weighted by molar-refractivity contribution is 0.0824. The summed E-state index contributed by atoms with van der Waals surface area (Å²) in [7, 11) is 2.10. The summed E-state index contributed by atoms with van der Waals surface area (Å²) >= 11 is 0. The Labute approximate surface area is 152 Å². The van der Waals surface area contributed by atoms with Crippen molar-refractivity contribution < 1.29 is 5.11 Å². The van der Waals surface area contributed by atoms with Gasteiger partial charge in [0, 0.05) is 39.8 Å². The van der Waals surface area contributed by atoms with Crippen molar-refractivity contribution in [3.63, 3.8) is 0 Å². The topological polar surface area (TPSA) is 51.1 Å². The second-order valence-corrected chi connectivity index (χ2v) is 6.94. The van der Waals surface area contributed by atoms with Crippen LogP contribution in [0, 0.1) is 6.92 Å². The fraction of sp³-hybridized carbons (Fsp3) is 0.650. The molecular formula is C20H34N4O. The van der Waals surface area contributed by atoms with Crippen LogP contribution in [0.25, 0.3) is 0 Å². The Bertz CT molecular complexity index is 538. The lowest BCUT2D eigenvalue weighted by atomic mass is 10.1. The first-order valence-corrected chi connectivity index (χ1v) is 9.54. The van der Waals surface area contributed by atoms with Crippen molar-refractivity contribution in [1.82, 2.24) is 15.1 Å². The van der Waals surface area contributed by atoms with Gasteiger partial charge in [0.05, 0.1) is 6.10 Å². The fourth-order valence-corrected chi connectivity index (χ4v) is 3.21. The summed E-state index contributed by atoms with van der Waals surface area (Å²) in [6.07, 6.45) is 2.78. The van der Waals surface area contributed by atoms with E-state index in [1.54, 1.807) is 0 Å². The molecule has 2 N–H and O–H groups in total. The number of rotatable bonds is 7. The number of benzene rings is 1. The first-order valence-electron chi connectivity index (χ1n) is 9.54. The van der Waals surface area contributed by atoms with Gasteiger partial charge >= 0.3 is 0 Å². The second kappa shape index (κ2) is 10.4. The summed E-state index contributed by atoms with van der Waals surface area (Å²) in [6.45, 7) is 9.93. The van der Waals surface area contributed by atoms with Crippen LogP contribution in [-0.2, 0) is 6.54 Å². The van der Waals surface area contributed by atoms with E-state index in [1.807, 2.05) is 0 Å². The number of hydrogen-bond acceptors (Lipinski definition) is 3. The number of aliphatic imine (C=N–C) groups is 1. The van der Waals surface area contributed by atoms with E-state index < -0.39 is 0 Å². The van der Waals surface area contributed by atoms with E-state index in [2.05, 4.69) is 60.3 Å². The van der Waals surface area contributed by atoms with Gasteiger partial charge in [-0.25, -0.2) is 0 Å². The fourth-order valence-electron chi connectivity index (χ4n) is 3.21. The number of guanidine groups is 1. The molecule has 5 heteroatoms. The molecule has 25 heavy (non-hydrogen) atoms. The molecule has 1 saturated heterocycles. The van der Waals surface area contributed by atoms with Crippen molar-refractivity contribution in [3.05, 3.63) is 35.4 Å². The number of aliphatic hydroxyl groups excluding tert-OH is 1. The first-order chi connectivity index (χ1) is 12.1. The Morgan fingerprint density at radius 1 is 1.32 bits per heavy atom. The SMILES string of the molecule is CCNC(=NCCCN1CCC(O)CC1)N(C)Cc1ccccc1C. The average molecular weight is 347 g/mol. The van der Waals surface area contributed by atoms with Gasteiger partial charge in [0.25, 0.3) is 0 Å². The molecule has 1 aliphatic rings. The average Bonchev–Trinajstić information content (AvgIpc) is 2.61. The Morgan fingerprint density at radius 3 is 2.72 bits per heavy atom. The van der Waals surface area contributed by atoms with Crippen molar-refractivity contribution in [3.8, 4) is 0 Å². The standard InChI is InChI=1S/C20H34N4O/c1-4-21-20(23(3)16-18-9-6-5-8-17(18)2)22-12-7-13-24-14-10-19(25)11-15-24/h5-6,8-9,19,25H,4,7,10-16H2,1-3H3,(H,21,22). The maximum absolute atomic E-state index is 9.57. The zero-order valence-corrected chi connectivity index (χ0v) is 16.0. The van der Waals surface area contributed by atoms with Crippen LogP contribution >= 0.6 is 0 Å². The highest BCUT2D eigenvalue weighted by Crippen LogP contribution is 2.11. The van der Waals surface area contributed by atoms with Crippen molar-refractivity contribution in [2.45, 2.75) is 45.8 Å².